The fraction of sp³-hybridized carbons (Fsp3) is 0.500. The van der Waals surface area contributed by atoms with Crippen molar-refractivity contribution < 1.29 is 9.59 Å². The molecular weight excluding hydrogens is 450 g/mol. The number of benzene rings is 1. The van der Waals surface area contributed by atoms with Gasteiger partial charge in [-0.1, -0.05) is 29.3 Å². The van der Waals surface area contributed by atoms with Gasteiger partial charge in [-0.05, 0) is 62.3 Å². The third-order valence-electron chi connectivity index (χ3n) is 6.09. The van der Waals surface area contributed by atoms with Gasteiger partial charge in [0.1, 0.15) is 0 Å². The zero-order valence-corrected chi connectivity index (χ0v) is 19.0. The van der Waals surface area contributed by atoms with Gasteiger partial charge in [0.05, 0.1) is 5.69 Å². The Balaban J connectivity index is 1.31. The maximum atomic E-state index is 12.7. The van der Waals surface area contributed by atoms with Crippen LogP contribution in [-0.4, -0.2) is 34.8 Å². The molecule has 154 valence electrons. The minimum atomic E-state index is -0.0618. The number of aromatic nitrogens is 1. The number of carbonyl (C=O) groups excluding carboxylic acids is 2. The second kappa shape index (κ2) is 8.96. The summed E-state index contributed by atoms with van der Waals surface area (Å²) in [7, 11) is 0. The molecule has 2 amide bonds. The number of hydrogen-bond donors (Lipinski definition) is 1. The van der Waals surface area contributed by atoms with Crippen molar-refractivity contribution in [2.75, 3.05) is 18.4 Å². The molecule has 1 atom stereocenters. The lowest BCUT2D eigenvalue weighted by Gasteiger charge is -2.31. The molecule has 1 aromatic carbocycles. The van der Waals surface area contributed by atoms with Gasteiger partial charge in [-0.15, -0.1) is 11.3 Å². The summed E-state index contributed by atoms with van der Waals surface area (Å²) in [5.74, 6) is 0.765. The molecule has 7 heteroatoms. The van der Waals surface area contributed by atoms with Crippen molar-refractivity contribution in [1.29, 1.82) is 0 Å². The van der Waals surface area contributed by atoms with E-state index in [9.17, 15) is 9.59 Å². The molecule has 4 rings (SSSR count). The number of rotatable bonds is 4. The molecule has 2 heterocycles. The van der Waals surface area contributed by atoms with Crippen molar-refractivity contribution in [1.82, 2.24) is 9.88 Å². The van der Waals surface area contributed by atoms with Crippen LogP contribution in [0.4, 0.5) is 5.13 Å². The molecule has 0 saturated carbocycles. The Morgan fingerprint density at radius 1 is 1.21 bits per heavy atom. The zero-order chi connectivity index (χ0) is 20.4. The van der Waals surface area contributed by atoms with Crippen LogP contribution in [-0.2, 0) is 17.6 Å². The summed E-state index contributed by atoms with van der Waals surface area (Å²) < 4.78 is 0.957. The Bertz CT molecular complexity index is 888. The molecule has 2 aromatic rings. The first-order valence-corrected chi connectivity index (χ1v) is 12.0. The van der Waals surface area contributed by atoms with Crippen LogP contribution >= 0.6 is 27.3 Å². The Morgan fingerprint density at radius 2 is 1.93 bits per heavy atom. The molecule has 1 fully saturated rings. The summed E-state index contributed by atoms with van der Waals surface area (Å²) in [5, 5.41) is 3.78. The lowest BCUT2D eigenvalue weighted by Crippen LogP contribution is -2.41. The average Bonchev–Trinajstić information content (AvgIpc) is 3.15. The SMILES string of the molecule is CCC1CCc2nc(NC(=O)C3CCN(C(=O)c4ccc(Br)cc4)CC3)sc2C1. The number of anilines is 1. The van der Waals surface area contributed by atoms with Gasteiger partial charge in [0.2, 0.25) is 5.91 Å². The molecule has 1 aromatic heterocycles. The number of halogens is 1. The third-order valence-corrected chi connectivity index (χ3v) is 7.66. The standard InChI is InChI=1S/C22H26BrN3O2S/c1-2-14-3-8-18-19(13-14)29-22(24-18)25-20(27)15-9-11-26(12-10-15)21(28)16-4-6-17(23)7-5-16/h4-7,14-15H,2-3,8-13H2,1H3,(H,24,25,27). The second-order valence-electron chi connectivity index (χ2n) is 7.97. The molecule has 2 aliphatic rings. The molecule has 0 radical (unpaired) electrons. The highest BCUT2D eigenvalue weighted by Crippen LogP contribution is 2.34. The number of aryl methyl sites for hydroxylation is 1. The van der Waals surface area contributed by atoms with Gasteiger partial charge < -0.3 is 10.2 Å². The Kier molecular flexibility index (Phi) is 6.35. The first-order valence-electron chi connectivity index (χ1n) is 10.4. The Morgan fingerprint density at radius 3 is 2.62 bits per heavy atom. The smallest absolute Gasteiger partial charge is 0.253 e. The van der Waals surface area contributed by atoms with Gasteiger partial charge in [-0.2, -0.15) is 0 Å². The fourth-order valence-electron chi connectivity index (χ4n) is 4.17. The van der Waals surface area contributed by atoms with Crippen molar-refractivity contribution in [3.05, 3.63) is 44.9 Å². The van der Waals surface area contributed by atoms with Crippen molar-refractivity contribution in [2.45, 2.75) is 45.4 Å². The Labute approximate surface area is 184 Å². The van der Waals surface area contributed by atoms with Crippen LogP contribution in [0.2, 0.25) is 0 Å². The number of piperidine rings is 1. The van der Waals surface area contributed by atoms with E-state index >= 15 is 0 Å². The van der Waals surface area contributed by atoms with Gasteiger partial charge in [0.25, 0.3) is 5.91 Å². The topological polar surface area (TPSA) is 62.3 Å². The quantitative estimate of drug-likeness (QED) is 0.682. The second-order valence-corrected chi connectivity index (χ2v) is 9.97. The van der Waals surface area contributed by atoms with Crippen LogP contribution in [0.15, 0.2) is 28.7 Å². The highest BCUT2D eigenvalue weighted by atomic mass is 79.9. The number of amides is 2. The van der Waals surface area contributed by atoms with E-state index in [1.807, 2.05) is 29.2 Å². The summed E-state index contributed by atoms with van der Waals surface area (Å²) in [6.07, 6.45) is 5.91. The fourth-order valence-corrected chi connectivity index (χ4v) is 5.56. The minimum absolute atomic E-state index is 0.0365. The molecule has 29 heavy (non-hydrogen) atoms. The molecule has 1 aliphatic carbocycles. The molecule has 0 bridgehead atoms. The van der Waals surface area contributed by atoms with E-state index in [0.29, 0.717) is 31.5 Å². The zero-order valence-electron chi connectivity index (χ0n) is 16.6. The predicted octanol–water partition coefficient (Wildman–Crippen LogP) is 4.91. The minimum Gasteiger partial charge on any atom is -0.339 e. The van der Waals surface area contributed by atoms with E-state index in [4.69, 9.17) is 0 Å². The summed E-state index contributed by atoms with van der Waals surface area (Å²) >= 11 is 5.03. The maximum absolute atomic E-state index is 12.7. The molecule has 1 aliphatic heterocycles. The summed E-state index contributed by atoms with van der Waals surface area (Å²) in [5.41, 5.74) is 1.86. The number of nitrogens with one attached hydrogen (secondary N) is 1. The van der Waals surface area contributed by atoms with Gasteiger partial charge in [0, 0.05) is 33.9 Å². The van der Waals surface area contributed by atoms with Crippen LogP contribution in [0.25, 0.3) is 0 Å². The normalized spacial score (nSPS) is 19.7. The lowest BCUT2D eigenvalue weighted by molar-refractivity contribution is -0.121. The Hall–Kier alpha value is -1.73. The number of hydrogen-bond acceptors (Lipinski definition) is 4. The van der Waals surface area contributed by atoms with E-state index < -0.39 is 0 Å². The number of nitrogens with zero attached hydrogens (tertiary/aromatic N) is 2. The van der Waals surface area contributed by atoms with E-state index in [-0.39, 0.29) is 17.7 Å². The van der Waals surface area contributed by atoms with Crippen LogP contribution in [0.1, 0.15) is 53.5 Å². The first-order chi connectivity index (χ1) is 14.0. The van der Waals surface area contributed by atoms with Crippen molar-refractivity contribution >= 4 is 44.2 Å². The summed E-state index contributed by atoms with van der Waals surface area (Å²) in [4.78, 5) is 33.2. The van der Waals surface area contributed by atoms with Gasteiger partial charge in [-0.3, -0.25) is 9.59 Å². The molecular formula is C22H26BrN3O2S. The van der Waals surface area contributed by atoms with Crippen LogP contribution < -0.4 is 5.32 Å². The molecule has 5 nitrogen and oxygen atoms in total. The predicted molar refractivity (Wildman–Crippen MR) is 119 cm³/mol. The van der Waals surface area contributed by atoms with Crippen LogP contribution in [0.5, 0.6) is 0 Å². The van der Waals surface area contributed by atoms with Gasteiger partial charge in [0.15, 0.2) is 5.13 Å². The van der Waals surface area contributed by atoms with Gasteiger partial charge in [-0.25, -0.2) is 4.98 Å². The summed E-state index contributed by atoms with van der Waals surface area (Å²) in [6.45, 7) is 3.46. The highest BCUT2D eigenvalue weighted by molar-refractivity contribution is 9.10. The monoisotopic (exact) mass is 475 g/mol. The maximum Gasteiger partial charge on any atom is 0.253 e. The summed E-state index contributed by atoms with van der Waals surface area (Å²) in [6, 6.07) is 7.42. The van der Waals surface area contributed by atoms with Gasteiger partial charge >= 0.3 is 0 Å². The van der Waals surface area contributed by atoms with E-state index in [1.165, 1.54) is 23.4 Å². The van der Waals surface area contributed by atoms with Crippen LogP contribution in [0, 0.1) is 11.8 Å². The molecule has 1 N–H and O–H groups in total. The van der Waals surface area contributed by atoms with Crippen molar-refractivity contribution in [3.8, 4) is 0 Å². The first kappa shape index (κ1) is 20.5. The van der Waals surface area contributed by atoms with Crippen LogP contribution in [0.3, 0.4) is 0 Å². The molecule has 1 saturated heterocycles. The number of thiazole rings is 1. The van der Waals surface area contributed by atoms with E-state index in [0.717, 1.165) is 28.4 Å². The number of likely N-dealkylation sites (tertiary alicyclic amines) is 1. The number of carbonyl (C=O) groups is 2. The highest BCUT2D eigenvalue weighted by Gasteiger charge is 2.29. The number of fused-ring (bicyclic) bond motifs is 1. The van der Waals surface area contributed by atoms with Crippen molar-refractivity contribution in [3.63, 3.8) is 0 Å². The van der Waals surface area contributed by atoms with Crippen molar-refractivity contribution in [2.24, 2.45) is 11.8 Å². The average molecular weight is 476 g/mol. The van der Waals surface area contributed by atoms with E-state index in [2.05, 4.69) is 33.2 Å². The third kappa shape index (κ3) is 4.72. The largest absolute Gasteiger partial charge is 0.339 e. The molecule has 1 unspecified atom stereocenters. The molecule has 0 spiro atoms. The van der Waals surface area contributed by atoms with E-state index in [1.54, 1.807) is 11.3 Å². The lowest BCUT2D eigenvalue weighted by atomic mass is 9.89.